The van der Waals surface area contributed by atoms with Crippen LogP contribution in [0.4, 0.5) is 16.2 Å². The number of hydrogen-bond acceptors (Lipinski definition) is 6. The molecule has 1 aliphatic heterocycles. The van der Waals surface area contributed by atoms with E-state index in [9.17, 15) is 4.79 Å². The predicted octanol–water partition coefficient (Wildman–Crippen LogP) is 3.41. The molecule has 8 nitrogen and oxygen atoms in total. The molecule has 2 heterocycles. The zero-order chi connectivity index (χ0) is 21.5. The first-order valence-corrected chi connectivity index (χ1v) is 10.1. The van der Waals surface area contributed by atoms with Crippen molar-refractivity contribution in [2.24, 2.45) is 0 Å². The maximum atomic E-state index is 12.8. The number of nitrogens with one attached hydrogen (secondary N) is 1. The number of carbonyl (C=O) groups is 1. The van der Waals surface area contributed by atoms with Crippen LogP contribution in [0.3, 0.4) is 0 Å². The van der Waals surface area contributed by atoms with Crippen LogP contribution in [-0.4, -0.2) is 63.4 Å². The van der Waals surface area contributed by atoms with E-state index in [4.69, 9.17) is 14.2 Å². The maximum Gasteiger partial charge on any atom is 0.322 e. The quantitative estimate of drug-likeness (QED) is 0.748. The number of methoxy groups -OCH3 is 3. The standard InChI is InChI=1S/C22H30N4O4/c1-5-6-16-11-20(21(30-4)23-15-16)24-22(27)26-9-7-25(8-10-26)17-12-18(28-2)14-19(13-17)29-3/h11-15H,5-10H2,1-4H3,(H,24,27). The second-order valence-electron chi connectivity index (χ2n) is 7.13. The second-order valence-corrected chi connectivity index (χ2v) is 7.13. The van der Waals surface area contributed by atoms with Crippen molar-refractivity contribution >= 4 is 17.4 Å². The van der Waals surface area contributed by atoms with Crippen molar-refractivity contribution in [3.05, 3.63) is 36.0 Å². The molecule has 2 aromatic rings. The lowest BCUT2D eigenvalue weighted by Crippen LogP contribution is -2.50. The van der Waals surface area contributed by atoms with Gasteiger partial charge in [-0.05, 0) is 18.1 Å². The number of nitrogens with zero attached hydrogens (tertiary/aromatic N) is 3. The van der Waals surface area contributed by atoms with Gasteiger partial charge in [0.05, 0.1) is 21.3 Å². The molecular formula is C22H30N4O4. The highest BCUT2D eigenvalue weighted by molar-refractivity contribution is 5.90. The third kappa shape index (κ3) is 5.06. The van der Waals surface area contributed by atoms with Gasteiger partial charge < -0.3 is 29.3 Å². The van der Waals surface area contributed by atoms with Crippen molar-refractivity contribution in [1.82, 2.24) is 9.88 Å². The first kappa shape index (κ1) is 21.5. The number of urea groups is 1. The summed E-state index contributed by atoms with van der Waals surface area (Å²) in [5.74, 6) is 1.91. The highest BCUT2D eigenvalue weighted by atomic mass is 16.5. The predicted molar refractivity (Wildman–Crippen MR) is 117 cm³/mol. The van der Waals surface area contributed by atoms with Crippen molar-refractivity contribution in [3.8, 4) is 17.4 Å². The zero-order valence-corrected chi connectivity index (χ0v) is 18.1. The van der Waals surface area contributed by atoms with E-state index in [0.29, 0.717) is 24.7 Å². The average Bonchev–Trinajstić information content (AvgIpc) is 2.79. The van der Waals surface area contributed by atoms with E-state index >= 15 is 0 Å². The Hall–Kier alpha value is -3.16. The molecule has 1 aliphatic rings. The number of benzene rings is 1. The normalized spacial score (nSPS) is 13.7. The molecule has 0 radical (unpaired) electrons. The van der Waals surface area contributed by atoms with E-state index in [0.717, 1.165) is 48.7 Å². The number of piperazine rings is 1. The van der Waals surface area contributed by atoms with Crippen molar-refractivity contribution in [1.29, 1.82) is 0 Å². The van der Waals surface area contributed by atoms with Gasteiger partial charge in [-0.15, -0.1) is 0 Å². The number of hydrogen-bond donors (Lipinski definition) is 1. The molecule has 3 rings (SSSR count). The van der Waals surface area contributed by atoms with E-state index in [2.05, 4.69) is 22.1 Å². The summed E-state index contributed by atoms with van der Waals surface area (Å²) in [6.07, 6.45) is 3.71. The Morgan fingerprint density at radius 1 is 1.00 bits per heavy atom. The summed E-state index contributed by atoms with van der Waals surface area (Å²) in [5.41, 5.74) is 2.70. The van der Waals surface area contributed by atoms with Crippen LogP contribution < -0.4 is 24.4 Å². The first-order chi connectivity index (χ1) is 14.6. The lowest BCUT2D eigenvalue weighted by atomic mass is 10.1. The van der Waals surface area contributed by atoms with Gasteiger partial charge in [0.25, 0.3) is 0 Å². The van der Waals surface area contributed by atoms with Crippen molar-refractivity contribution < 1.29 is 19.0 Å². The molecule has 0 bridgehead atoms. The second kappa shape index (κ2) is 10.0. The van der Waals surface area contributed by atoms with Crippen LogP contribution in [0.5, 0.6) is 17.4 Å². The molecule has 0 saturated carbocycles. The molecule has 0 aliphatic carbocycles. The fourth-order valence-corrected chi connectivity index (χ4v) is 3.51. The minimum atomic E-state index is -0.147. The smallest absolute Gasteiger partial charge is 0.322 e. The van der Waals surface area contributed by atoms with E-state index in [1.54, 1.807) is 32.4 Å². The Balaban J connectivity index is 1.64. The van der Waals surface area contributed by atoms with Gasteiger partial charge in [0.2, 0.25) is 5.88 Å². The summed E-state index contributed by atoms with van der Waals surface area (Å²) < 4.78 is 16.0. The lowest BCUT2D eigenvalue weighted by Gasteiger charge is -2.36. The Morgan fingerprint density at radius 2 is 1.67 bits per heavy atom. The largest absolute Gasteiger partial charge is 0.497 e. The van der Waals surface area contributed by atoms with Crippen LogP contribution >= 0.6 is 0 Å². The highest BCUT2D eigenvalue weighted by Gasteiger charge is 2.23. The van der Waals surface area contributed by atoms with Crippen molar-refractivity contribution in [2.45, 2.75) is 19.8 Å². The van der Waals surface area contributed by atoms with Gasteiger partial charge in [-0.1, -0.05) is 13.3 Å². The van der Waals surface area contributed by atoms with Gasteiger partial charge in [0, 0.05) is 56.3 Å². The van der Waals surface area contributed by atoms with Gasteiger partial charge in [-0.25, -0.2) is 9.78 Å². The number of ether oxygens (including phenoxy) is 3. The third-order valence-electron chi connectivity index (χ3n) is 5.15. The Morgan fingerprint density at radius 3 is 2.23 bits per heavy atom. The summed E-state index contributed by atoms with van der Waals surface area (Å²) in [7, 11) is 4.83. The van der Waals surface area contributed by atoms with E-state index in [-0.39, 0.29) is 6.03 Å². The Labute approximate surface area is 177 Å². The van der Waals surface area contributed by atoms with Crippen molar-refractivity contribution in [3.63, 3.8) is 0 Å². The molecule has 0 unspecified atom stereocenters. The summed E-state index contributed by atoms with van der Waals surface area (Å²) in [5, 5.41) is 2.96. The van der Waals surface area contributed by atoms with E-state index < -0.39 is 0 Å². The summed E-state index contributed by atoms with van der Waals surface area (Å²) >= 11 is 0. The molecule has 1 N–H and O–H groups in total. The molecule has 30 heavy (non-hydrogen) atoms. The lowest BCUT2D eigenvalue weighted by molar-refractivity contribution is 0.208. The summed E-state index contributed by atoms with van der Waals surface area (Å²) in [4.78, 5) is 21.2. The van der Waals surface area contributed by atoms with Crippen LogP contribution in [0.2, 0.25) is 0 Å². The van der Waals surface area contributed by atoms with E-state index in [1.165, 1.54) is 0 Å². The number of aryl methyl sites for hydroxylation is 1. The number of carbonyl (C=O) groups excluding carboxylic acids is 1. The number of anilines is 2. The molecule has 162 valence electrons. The fourth-order valence-electron chi connectivity index (χ4n) is 3.51. The SMILES string of the molecule is CCCc1cnc(OC)c(NC(=O)N2CCN(c3cc(OC)cc(OC)c3)CC2)c1. The van der Waals surface area contributed by atoms with Gasteiger partial charge in [0.15, 0.2) is 0 Å². The molecule has 2 amide bonds. The van der Waals surface area contributed by atoms with E-state index in [1.807, 2.05) is 24.3 Å². The third-order valence-corrected chi connectivity index (χ3v) is 5.15. The number of aromatic nitrogens is 1. The van der Waals surface area contributed by atoms with Gasteiger partial charge in [-0.2, -0.15) is 0 Å². The van der Waals surface area contributed by atoms with Gasteiger partial charge in [0.1, 0.15) is 17.2 Å². The Kier molecular flexibility index (Phi) is 7.21. The molecule has 1 fully saturated rings. The van der Waals surface area contributed by atoms with Gasteiger partial charge >= 0.3 is 6.03 Å². The maximum absolute atomic E-state index is 12.8. The first-order valence-electron chi connectivity index (χ1n) is 10.1. The molecule has 0 spiro atoms. The van der Waals surface area contributed by atoms with Crippen LogP contribution in [0.1, 0.15) is 18.9 Å². The number of rotatable bonds is 7. The monoisotopic (exact) mass is 414 g/mol. The molecule has 8 heteroatoms. The molecule has 0 atom stereocenters. The topological polar surface area (TPSA) is 76.2 Å². The number of pyridine rings is 1. The van der Waals surface area contributed by atoms with Crippen LogP contribution in [0.15, 0.2) is 30.5 Å². The van der Waals surface area contributed by atoms with Crippen LogP contribution in [-0.2, 0) is 6.42 Å². The minimum Gasteiger partial charge on any atom is -0.497 e. The van der Waals surface area contributed by atoms with Crippen LogP contribution in [0.25, 0.3) is 0 Å². The van der Waals surface area contributed by atoms with Gasteiger partial charge in [-0.3, -0.25) is 0 Å². The Bertz CT molecular complexity index is 844. The highest BCUT2D eigenvalue weighted by Crippen LogP contribution is 2.29. The fraction of sp³-hybridized carbons (Fsp3) is 0.455. The van der Waals surface area contributed by atoms with Crippen LogP contribution in [0, 0.1) is 0 Å². The summed E-state index contributed by atoms with van der Waals surface area (Å²) in [6, 6.07) is 7.60. The summed E-state index contributed by atoms with van der Waals surface area (Å²) in [6.45, 7) is 4.76. The minimum absolute atomic E-state index is 0.147. The molecule has 1 saturated heterocycles. The zero-order valence-electron chi connectivity index (χ0n) is 18.1. The average molecular weight is 415 g/mol. The number of amides is 2. The molecule has 1 aromatic heterocycles. The van der Waals surface area contributed by atoms with Crippen molar-refractivity contribution in [2.75, 3.05) is 57.7 Å². The molecular weight excluding hydrogens is 384 g/mol. The molecule has 1 aromatic carbocycles.